The van der Waals surface area contributed by atoms with E-state index in [1.165, 1.54) is 42.5 Å². The van der Waals surface area contributed by atoms with Crippen molar-refractivity contribution in [2.45, 2.75) is 11.3 Å². The maximum Gasteiger partial charge on any atom is 0.573 e. The predicted octanol–water partition coefficient (Wildman–Crippen LogP) is 4.06. The molecule has 34 heavy (non-hydrogen) atoms. The number of fused-ring (bicyclic) bond motifs is 1. The van der Waals surface area contributed by atoms with Gasteiger partial charge < -0.3 is 4.74 Å². The third-order valence-corrected chi connectivity index (χ3v) is 6.14. The standard InChI is InChI=1S/C22H12F3N3O5S/c23-22(24,25)33-15-7-9-16(10-8-15)34(31,32)27-18-6-2-5-17-19(18)21(30)28(20(17)29)14-4-1-3-13(11-14)12-26/h1-11,27H. The van der Waals surface area contributed by atoms with Gasteiger partial charge in [0, 0.05) is 0 Å². The van der Waals surface area contributed by atoms with Gasteiger partial charge in [-0.15, -0.1) is 13.2 Å². The molecule has 0 bridgehead atoms. The van der Waals surface area contributed by atoms with Crippen molar-refractivity contribution < 1.29 is 35.9 Å². The van der Waals surface area contributed by atoms with Crippen LogP contribution in [0.3, 0.4) is 0 Å². The lowest BCUT2D eigenvalue weighted by molar-refractivity contribution is -0.274. The van der Waals surface area contributed by atoms with E-state index in [2.05, 4.69) is 9.46 Å². The average Bonchev–Trinajstić information content (AvgIpc) is 3.03. The molecule has 12 heteroatoms. The Balaban J connectivity index is 1.66. The zero-order valence-corrected chi connectivity index (χ0v) is 17.6. The van der Waals surface area contributed by atoms with E-state index >= 15 is 0 Å². The van der Waals surface area contributed by atoms with Crippen LogP contribution in [0.4, 0.5) is 24.5 Å². The molecule has 1 aliphatic heterocycles. The fourth-order valence-electron chi connectivity index (χ4n) is 3.34. The van der Waals surface area contributed by atoms with Crippen LogP contribution in [0.2, 0.25) is 0 Å². The van der Waals surface area contributed by atoms with Gasteiger partial charge in [-0.05, 0) is 54.6 Å². The first kappa shape index (κ1) is 22.8. The Labute approximate surface area is 190 Å². The predicted molar refractivity (Wildman–Crippen MR) is 113 cm³/mol. The Morgan fingerprint density at radius 3 is 2.26 bits per heavy atom. The summed E-state index contributed by atoms with van der Waals surface area (Å²) in [5, 5.41) is 9.08. The van der Waals surface area contributed by atoms with Crippen LogP contribution in [0, 0.1) is 11.3 Å². The lowest BCUT2D eigenvalue weighted by Crippen LogP contribution is -2.29. The van der Waals surface area contributed by atoms with Gasteiger partial charge in [0.15, 0.2) is 0 Å². The van der Waals surface area contributed by atoms with E-state index in [0.29, 0.717) is 0 Å². The number of carbonyl (C=O) groups excluding carboxylic acids is 2. The summed E-state index contributed by atoms with van der Waals surface area (Å²) >= 11 is 0. The zero-order chi connectivity index (χ0) is 24.7. The third-order valence-electron chi connectivity index (χ3n) is 4.76. The van der Waals surface area contributed by atoms with Crippen molar-refractivity contribution in [2.75, 3.05) is 9.62 Å². The van der Waals surface area contributed by atoms with Crippen LogP contribution < -0.4 is 14.4 Å². The summed E-state index contributed by atoms with van der Waals surface area (Å²) in [6.45, 7) is 0. The van der Waals surface area contributed by atoms with Gasteiger partial charge in [0.05, 0.1) is 39.0 Å². The minimum Gasteiger partial charge on any atom is -0.406 e. The number of imide groups is 1. The van der Waals surface area contributed by atoms with E-state index in [0.717, 1.165) is 29.2 Å². The summed E-state index contributed by atoms with van der Waals surface area (Å²) in [6, 6.07) is 15.2. The molecule has 3 aromatic rings. The number of benzene rings is 3. The van der Waals surface area contributed by atoms with Crippen LogP contribution in [0.25, 0.3) is 0 Å². The first-order valence-corrected chi connectivity index (χ1v) is 10.9. The molecule has 0 aliphatic carbocycles. The highest BCUT2D eigenvalue weighted by atomic mass is 32.2. The van der Waals surface area contributed by atoms with E-state index in [1.54, 1.807) is 0 Å². The quantitative estimate of drug-likeness (QED) is 0.543. The van der Waals surface area contributed by atoms with Gasteiger partial charge in [-0.3, -0.25) is 14.3 Å². The number of rotatable bonds is 5. The van der Waals surface area contributed by atoms with Crippen molar-refractivity contribution in [1.82, 2.24) is 0 Å². The van der Waals surface area contributed by atoms with E-state index in [-0.39, 0.29) is 28.1 Å². The van der Waals surface area contributed by atoms with Crippen LogP contribution in [0.5, 0.6) is 5.75 Å². The van der Waals surface area contributed by atoms with Gasteiger partial charge in [-0.2, -0.15) is 5.26 Å². The zero-order valence-electron chi connectivity index (χ0n) is 16.8. The number of nitrogens with one attached hydrogen (secondary N) is 1. The highest BCUT2D eigenvalue weighted by Gasteiger charge is 2.39. The minimum absolute atomic E-state index is 0.0542. The van der Waals surface area contributed by atoms with Crippen LogP contribution >= 0.6 is 0 Å². The Morgan fingerprint density at radius 2 is 1.62 bits per heavy atom. The molecule has 0 fully saturated rings. The maximum atomic E-state index is 13.1. The lowest BCUT2D eigenvalue weighted by Gasteiger charge is -2.14. The number of hydrogen-bond acceptors (Lipinski definition) is 6. The number of halogens is 3. The summed E-state index contributed by atoms with van der Waals surface area (Å²) in [5.41, 5.74) is -0.0883. The third kappa shape index (κ3) is 4.28. The summed E-state index contributed by atoms with van der Waals surface area (Å²) < 4.78 is 68.5. The average molecular weight is 487 g/mol. The van der Waals surface area contributed by atoms with Gasteiger partial charge in [-0.1, -0.05) is 12.1 Å². The van der Waals surface area contributed by atoms with Crippen molar-refractivity contribution in [3.8, 4) is 11.8 Å². The van der Waals surface area contributed by atoms with Gasteiger partial charge in [0.25, 0.3) is 21.8 Å². The number of nitriles is 1. The Hall–Kier alpha value is -4.37. The number of amides is 2. The summed E-state index contributed by atoms with van der Waals surface area (Å²) in [4.78, 5) is 26.4. The molecular formula is C22H12F3N3O5S. The highest BCUT2D eigenvalue weighted by Crippen LogP contribution is 2.34. The molecule has 3 aromatic carbocycles. The number of carbonyl (C=O) groups is 2. The molecule has 0 spiro atoms. The van der Waals surface area contributed by atoms with E-state index in [4.69, 9.17) is 5.26 Å². The van der Waals surface area contributed by atoms with Crippen LogP contribution in [0.1, 0.15) is 26.3 Å². The van der Waals surface area contributed by atoms with Crippen molar-refractivity contribution in [3.05, 3.63) is 83.4 Å². The molecule has 0 atom stereocenters. The SMILES string of the molecule is N#Cc1cccc(N2C(=O)c3cccc(NS(=O)(=O)c4ccc(OC(F)(F)F)cc4)c3C2=O)c1. The molecule has 8 nitrogen and oxygen atoms in total. The second kappa shape index (κ2) is 8.20. The molecule has 0 saturated carbocycles. The summed E-state index contributed by atoms with van der Waals surface area (Å²) in [7, 11) is -4.34. The van der Waals surface area contributed by atoms with Crippen molar-refractivity contribution in [1.29, 1.82) is 5.26 Å². The molecule has 1 aliphatic rings. The Morgan fingerprint density at radius 1 is 0.941 bits per heavy atom. The van der Waals surface area contributed by atoms with Crippen LogP contribution in [-0.4, -0.2) is 26.6 Å². The van der Waals surface area contributed by atoms with E-state index in [1.807, 2.05) is 6.07 Å². The second-order valence-corrected chi connectivity index (χ2v) is 8.64. The summed E-state index contributed by atoms with van der Waals surface area (Å²) in [5.74, 6) is -2.12. The molecule has 0 saturated heterocycles. The fourth-order valence-corrected chi connectivity index (χ4v) is 4.42. The number of sulfonamides is 1. The number of ether oxygens (including phenoxy) is 1. The Kier molecular flexibility index (Phi) is 5.50. The van der Waals surface area contributed by atoms with Crippen molar-refractivity contribution in [3.63, 3.8) is 0 Å². The van der Waals surface area contributed by atoms with Gasteiger partial charge in [0.2, 0.25) is 0 Å². The monoisotopic (exact) mass is 487 g/mol. The molecule has 1 N–H and O–H groups in total. The highest BCUT2D eigenvalue weighted by molar-refractivity contribution is 7.92. The summed E-state index contributed by atoms with van der Waals surface area (Å²) in [6.07, 6.45) is -4.94. The largest absolute Gasteiger partial charge is 0.573 e. The Bertz CT molecular complexity index is 1460. The minimum atomic E-state index is -4.94. The second-order valence-electron chi connectivity index (χ2n) is 6.96. The van der Waals surface area contributed by atoms with Crippen LogP contribution in [-0.2, 0) is 10.0 Å². The number of anilines is 2. The molecule has 2 amide bonds. The molecule has 172 valence electrons. The van der Waals surface area contributed by atoms with Crippen LogP contribution in [0.15, 0.2) is 71.6 Å². The van der Waals surface area contributed by atoms with E-state index in [9.17, 15) is 31.2 Å². The number of alkyl halides is 3. The first-order chi connectivity index (χ1) is 16.0. The fraction of sp³-hybridized carbons (Fsp3) is 0.0455. The lowest BCUT2D eigenvalue weighted by atomic mass is 10.1. The molecule has 4 rings (SSSR count). The first-order valence-electron chi connectivity index (χ1n) is 9.41. The molecule has 1 heterocycles. The maximum absolute atomic E-state index is 13.1. The number of nitrogens with zero attached hydrogens (tertiary/aromatic N) is 2. The topological polar surface area (TPSA) is 117 Å². The van der Waals surface area contributed by atoms with Crippen molar-refractivity contribution >= 4 is 33.2 Å². The van der Waals surface area contributed by atoms with Gasteiger partial charge in [-0.25, -0.2) is 13.3 Å². The number of hydrogen-bond donors (Lipinski definition) is 1. The molecule has 0 unspecified atom stereocenters. The normalized spacial score (nSPS) is 13.4. The molecular weight excluding hydrogens is 475 g/mol. The molecule has 0 aromatic heterocycles. The van der Waals surface area contributed by atoms with Gasteiger partial charge >= 0.3 is 6.36 Å². The van der Waals surface area contributed by atoms with E-state index < -0.39 is 38.8 Å². The smallest absolute Gasteiger partial charge is 0.406 e. The molecule has 0 radical (unpaired) electrons. The van der Waals surface area contributed by atoms with Crippen molar-refractivity contribution in [2.24, 2.45) is 0 Å². The van der Waals surface area contributed by atoms with Gasteiger partial charge in [0.1, 0.15) is 5.75 Å².